The van der Waals surface area contributed by atoms with Gasteiger partial charge in [-0.2, -0.15) is 0 Å². The Hall–Kier alpha value is 1.85. The van der Waals surface area contributed by atoms with Gasteiger partial charge in [0.05, 0.1) is 14.4 Å². The normalized spacial score (nSPS) is 9.00. The van der Waals surface area contributed by atoms with E-state index in [1.807, 2.05) is 0 Å². The van der Waals surface area contributed by atoms with Gasteiger partial charge in [0, 0.05) is 0 Å². The van der Waals surface area contributed by atoms with E-state index in [4.69, 9.17) is 0 Å². The zero-order chi connectivity index (χ0) is 6.62. The molecule has 0 rings (SSSR count). The quantitative estimate of drug-likeness (QED) is 0.247. The van der Waals surface area contributed by atoms with Crippen LogP contribution in [0.1, 0.15) is 0 Å². The fourth-order valence-corrected chi connectivity index (χ4v) is 0.432. The molecule has 4 nitrogen and oxygen atoms in total. The second-order valence-electron chi connectivity index (χ2n) is 1.03. The van der Waals surface area contributed by atoms with Gasteiger partial charge in [-0.15, -0.1) is 6.58 Å². The van der Waals surface area contributed by atoms with Crippen LogP contribution in [-0.2, 0) is 9.09 Å². The second-order valence-corrected chi connectivity index (χ2v) is 2.18. The topological polar surface area (TPSA) is 72.4 Å². The fraction of sp³-hybridized carbons (Fsp3) is 0.333. The Bertz CT molecular complexity index is 122. The second kappa shape index (κ2) is 8.94. The summed E-state index contributed by atoms with van der Waals surface area (Å²) in [6.07, 6.45) is 1.18. The molecular formula is C3H5Na2O4P. The van der Waals surface area contributed by atoms with Gasteiger partial charge in [0.15, 0.2) is 0 Å². The van der Waals surface area contributed by atoms with Crippen molar-refractivity contribution in [3.8, 4) is 0 Å². The van der Waals surface area contributed by atoms with Crippen molar-refractivity contribution in [3.63, 3.8) is 0 Å². The SMILES string of the molecule is C=CCOP(=O)([O-])[O-].[Na+].[Na+]. The molecule has 0 saturated heterocycles. The average Bonchev–Trinajstić information content (AvgIpc) is 1.59. The maximum absolute atomic E-state index is 9.59. The summed E-state index contributed by atoms with van der Waals surface area (Å²) in [6.45, 7) is 2.89. The standard InChI is InChI=1S/C3H7O4P.2Na/c1-2-3-7-8(4,5)6;;/h2H,1,3H2,(H2,4,5,6);;/q;2*+1/p-2. The summed E-state index contributed by atoms with van der Waals surface area (Å²) in [6, 6.07) is 0. The Morgan fingerprint density at radius 3 is 2.00 bits per heavy atom. The molecule has 0 aromatic rings. The van der Waals surface area contributed by atoms with Crippen molar-refractivity contribution in [1.29, 1.82) is 0 Å². The third-order valence-electron chi connectivity index (χ3n) is 0.351. The van der Waals surface area contributed by atoms with Crippen LogP contribution in [0.4, 0.5) is 0 Å². The number of phosphoric ester groups is 1. The summed E-state index contributed by atoms with van der Waals surface area (Å²) in [5.74, 6) is 0. The predicted molar refractivity (Wildman–Crippen MR) is 23.8 cm³/mol. The van der Waals surface area contributed by atoms with E-state index in [0.717, 1.165) is 0 Å². The van der Waals surface area contributed by atoms with Crippen molar-refractivity contribution in [1.82, 2.24) is 0 Å². The Morgan fingerprint density at radius 2 is 1.90 bits per heavy atom. The van der Waals surface area contributed by atoms with Gasteiger partial charge in [-0.1, -0.05) is 6.08 Å². The van der Waals surface area contributed by atoms with Gasteiger partial charge >= 0.3 is 59.1 Å². The van der Waals surface area contributed by atoms with Crippen LogP contribution in [-0.4, -0.2) is 6.61 Å². The summed E-state index contributed by atoms with van der Waals surface area (Å²) in [5.41, 5.74) is 0. The Morgan fingerprint density at radius 1 is 1.50 bits per heavy atom. The molecule has 0 bridgehead atoms. The van der Waals surface area contributed by atoms with E-state index >= 15 is 0 Å². The molecule has 0 aromatic heterocycles. The molecule has 0 aliphatic heterocycles. The van der Waals surface area contributed by atoms with Crippen LogP contribution in [0.25, 0.3) is 0 Å². The van der Waals surface area contributed by atoms with Gasteiger partial charge in [0.25, 0.3) is 0 Å². The first-order chi connectivity index (χ1) is 3.56. The van der Waals surface area contributed by atoms with Crippen molar-refractivity contribution >= 4 is 7.82 Å². The van der Waals surface area contributed by atoms with E-state index in [-0.39, 0.29) is 65.7 Å². The van der Waals surface area contributed by atoms with E-state index in [1.54, 1.807) is 0 Å². The van der Waals surface area contributed by atoms with Crippen LogP contribution in [0.15, 0.2) is 12.7 Å². The Kier molecular flexibility index (Phi) is 15.9. The van der Waals surface area contributed by atoms with E-state index < -0.39 is 7.82 Å². The van der Waals surface area contributed by atoms with E-state index in [0.29, 0.717) is 0 Å². The number of hydrogen-bond acceptors (Lipinski definition) is 4. The number of phosphoric acid groups is 1. The van der Waals surface area contributed by atoms with Crippen LogP contribution in [0.2, 0.25) is 0 Å². The Balaban J connectivity index is -0.000000245. The van der Waals surface area contributed by atoms with Gasteiger partial charge in [-0.25, -0.2) is 0 Å². The molecule has 0 N–H and O–H groups in total. The first kappa shape index (κ1) is 17.8. The smallest absolute Gasteiger partial charge is 0.790 e. The molecule has 0 fully saturated rings. The molecular weight excluding hydrogens is 177 g/mol. The number of rotatable bonds is 3. The van der Waals surface area contributed by atoms with Crippen LogP contribution in [0.5, 0.6) is 0 Å². The first-order valence-corrected chi connectivity index (χ1v) is 3.30. The van der Waals surface area contributed by atoms with E-state index in [1.165, 1.54) is 6.08 Å². The monoisotopic (exact) mass is 182 g/mol. The predicted octanol–water partition coefficient (Wildman–Crippen LogP) is -6.97. The Labute approximate surface area is 104 Å². The molecule has 0 radical (unpaired) electrons. The van der Waals surface area contributed by atoms with Crippen LogP contribution < -0.4 is 68.9 Å². The van der Waals surface area contributed by atoms with Crippen molar-refractivity contribution < 1.29 is 78.0 Å². The molecule has 0 saturated carbocycles. The minimum absolute atomic E-state index is 0. The van der Waals surface area contributed by atoms with Crippen molar-refractivity contribution in [2.75, 3.05) is 6.61 Å². The summed E-state index contributed by atoms with van der Waals surface area (Å²) >= 11 is 0. The third-order valence-corrected chi connectivity index (χ3v) is 0.816. The molecule has 0 spiro atoms. The molecule has 0 unspecified atom stereocenters. The molecule has 10 heavy (non-hydrogen) atoms. The van der Waals surface area contributed by atoms with Gasteiger partial charge in [-0.05, 0) is 0 Å². The van der Waals surface area contributed by atoms with E-state index in [9.17, 15) is 14.4 Å². The summed E-state index contributed by atoms with van der Waals surface area (Å²) < 4.78 is 13.3. The molecule has 0 heterocycles. The molecule has 7 heteroatoms. The van der Waals surface area contributed by atoms with Crippen LogP contribution in [0.3, 0.4) is 0 Å². The molecule has 48 valence electrons. The van der Waals surface area contributed by atoms with Crippen molar-refractivity contribution in [3.05, 3.63) is 12.7 Å². The van der Waals surface area contributed by atoms with Gasteiger partial charge < -0.3 is 18.9 Å². The minimum atomic E-state index is -4.75. The fourth-order valence-electron chi connectivity index (χ4n) is 0.144. The zero-order valence-corrected chi connectivity index (χ0v) is 11.0. The van der Waals surface area contributed by atoms with Crippen molar-refractivity contribution in [2.24, 2.45) is 0 Å². The van der Waals surface area contributed by atoms with Crippen LogP contribution in [0, 0.1) is 0 Å². The maximum atomic E-state index is 9.59. The largest absolute Gasteiger partial charge is 1.00 e. The van der Waals surface area contributed by atoms with Gasteiger partial charge in [0.2, 0.25) is 0 Å². The minimum Gasteiger partial charge on any atom is -0.790 e. The third kappa shape index (κ3) is 16.4. The molecule has 0 amide bonds. The zero-order valence-electron chi connectivity index (χ0n) is 6.07. The van der Waals surface area contributed by atoms with Crippen molar-refractivity contribution in [2.45, 2.75) is 0 Å². The summed E-state index contributed by atoms with van der Waals surface area (Å²) in [4.78, 5) is 19.2. The van der Waals surface area contributed by atoms with Gasteiger partial charge in [-0.3, -0.25) is 0 Å². The summed E-state index contributed by atoms with van der Waals surface area (Å²) in [5, 5.41) is 0. The molecule has 0 aromatic carbocycles. The van der Waals surface area contributed by atoms with Crippen LogP contribution >= 0.6 is 7.82 Å². The van der Waals surface area contributed by atoms with E-state index in [2.05, 4.69) is 11.1 Å². The number of hydrogen-bond donors (Lipinski definition) is 0. The van der Waals surface area contributed by atoms with Gasteiger partial charge in [0.1, 0.15) is 0 Å². The first-order valence-electron chi connectivity index (χ1n) is 1.84. The summed E-state index contributed by atoms with van der Waals surface area (Å²) in [7, 11) is -4.75. The average molecular weight is 182 g/mol. The molecule has 0 aliphatic carbocycles. The maximum Gasteiger partial charge on any atom is 1.00 e. The molecule has 0 aliphatic rings. The molecule has 0 atom stereocenters.